The number of furan rings is 1. The molecular formula is C49H32O. The number of hydrogen-bond donors (Lipinski definition) is 0. The van der Waals surface area contributed by atoms with Crippen LogP contribution in [0.3, 0.4) is 0 Å². The van der Waals surface area contributed by atoms with Crippen molar-refractivity contribution >= 4 is 54.3 Å². The molecule has 10 rings (SSSR count). The molecule has 0 aliphatic rings. The van der Waals surface area contributed by atoms with Gasteiger partial charge in [0.25, 0.3) is 0 Å². The van der Waals surface area contributed by atoms with Crippen LogP contribution in [0, 0.1) is 0 Å². The summed E-state index contributed by atoms with van der Waals surface area (Å²) in [5, 5.41) is 3.90. The number of para-hydroxylation sites is 1. The van der Waals surface area contributed by atoms with E-state index in [2.05, 4.69) is 36.4 Å². The van der Waals surface area contributed by atoms with Crippen LogP contribution < -0.4 is 0 Å². The highest BCUT2D eigenvalue weighted by atomic mass is 16.3. The fourth-order valence-corrected chi connectivity index (χ4v) is 7.20. The van der Waals surface area contributed by atoms with Gasteiger partial charge in [0.15, 0.2) is 0 Å². The molecule has 1 aromatic heterocycles. The van der Waals surface area contributed by atoms with Crippen LogP contribution in [0.4, 0.5) is 0 Å². The standard InChI is InChI=1S/C49H32O/c1-2-12-32(13-3-1)30-45-40-17-6-8-19-42(40)48(43-20-9-7-18-41(43)45)35-26-24-34(25-27-35)39-22-11-23-44-46-31-36(28-29-47(46)50-49(39)44)38-21-10-15-33-14-4-5-16-37(33)38/h1-29,31H,30H2/i1D,2D,3D,6D,7D,8D,9D,12D,13D,17D,18D,19D,20D. The van der Waals surface area contributed by atoms with Crippen molar-refractivity contribution < 1.29 is 22.2 Å². The Labute approximate surface area is 308 Å². The van der Waals surface area contributed by atoms with Crippen molar-refractivity contribution in [3.63, 3.8) is 0 Å². The molecule has 0 saturated heterocycles. The molecule has 0 fully saturated rings. The summed E-state index contributed by atoms with van der Waals surface area (Å²) in [5.41, 5.74) is 5.40. The van der Waals surface area contributed by atoms with Gasteiger partial charge in [-0.25, -0.2) is 0 Å². The zero-order valence-electron chi connectivity index (χ0n) is 39.4. The first-order valence-electron chi connectivity index (χ1n) is 22.7. The van der Waals surface area contributed by atoms with Crippen LogP contribution in [0.5, 0.6) is 0 Å². The first-order chi connectivity index (χ1) is 30.2. The summed E-state index contributed by atoms with van der Waals surface area (Å²) in [6.07, 6.45) is -0.489. The van der Waals surface area contributed by atoms with E-state index in [1.54, 1.807) is 12.1 Å². The molecule has 0 spiro atoms. The van der Waals surface area contributed by atoms with Crippen molar-refractivity contribution in [1.82, 2.24) is 0 Å². The summed E-state index contributed by atoms with van der Waals surface area (Å²) in [6, 6.07) is 26.5. The maximum absolute atomic E-state index is 9.24. The van der Waals surface area contributed by atoms with Crippen molar-refractivity contribution in [1.29, 1.82) is 0 Å². The van der Waals surface area contributed by atoms with Gasteiger partial charge < -0.3 is 4.42 Å². The van der Waals surface area contributed by atoms with Gasteiger partial charge in [0.05, 0.1) is 17.8 Å². The fourth-order valence-electron chi connectivity index (χ4n) is 7.20. The average Bonchev–Trinajstić information content (AvgIpc) is 3.69. The van der Waals surface area contributed by atoms with Gasteiger partial charge in [-0.2, -0.15) is 0 Å². The fraction of sp³-hybridized carbons (Fsp3) is 0.0204. The van der Waals surface area contributed by atoms with Crippen LogP contribution in [-0.4, -0.2) is 0 Å². The Morgan fingerprint density at radius 2 is 1.04 bits per heavy atom. The van der Waals surface area contributed by atoms with E-state index >= 15 is 0 Å². The van der Waals surface area contributed by atoms with Crippen molar-refractivity contribution in [3.8, 4) is 33.4 Å². The topological polar surface area (TPSA) is 13.1 Å². The van der Waals surface area contributed by atoms with Gasteiger partial charge in [-0.05, 0) is 89.8 Å². The number of rotatable bonds is 5. The zero-order chi connectivity index (χ0) is 44.3. The lowest BCUT2D eigenvalue weighted by Gasteiger charge is -2.18. The predicted octanol–water partition coefficient (Wildman–Crippen LogP) is 13.6. The number of benzene rings is 9. The summed E-state index contributed by atoms with van der Waals surface area (Å²) >= 11 is 0. The molecule has 0 radical (unpaired) electrons. The Balaban J connectivity index is 1.20. The van der Waals surface area contributed by atoms with Crippen LogP contribution in [0.15, 0.2) is 186 Å². The molecule has 9 aromatic carbocycles. The molecule has 50 heavy (non-hydrogen) atoms. The number of hydrogen-bond acceptors (Lipinski definition) is 1. The Morgan fingerprint density at radius 1 is 0.440 bits per heavy atom. The summed E-state index contributed by atoms with van der Waals surface area (Å²) < 4.78 is 120. The van der Waals surface area contributed by atoms with Gasteiger partial charge in [0.2, 0.25) is 0 Å². The molecular weight excluding hydrogens is 605 g/mol. The second-order valence-electron chi connectivity index (χ2n) is 12.2. The lowest BCUT2D eigenvalue weighted by molar-refractivity contribution is 0.670. The average molecular weight is 650 g/mol. The van der Waals surface area contributed by atoms with Gasteiger partial charge in [-0.15, -0.1) is 0 Å². The quantitative estimate of drug-likeness (QED) is 0.169. The highest BCUT2D eigenvalue weighted by Crippen LogP contribution is 2.42. The smallest absolute Gasteiger partial charge is 0.143 e. The summed E-state index contributed by atoms with van der Waals surface area (Å²) in [6.45, 7) is 0. The predicted molar refractivity (Wildman–Crippen MR) is 212 cm³/mol. The highest BCUT2D eigenvalue weighted by Gasteiger charge is 2.17. The third-order valence-electron chi connectivity index (χ3n) is 9.47. The molecule has 10 aromatic rings. The Kier molecular flexibility index (Phi) is 4.26. The third-order valence-corrected chi connectivity index (χ3v) is 9.47. The molecule has 1 nitrogen and oxygen atoms in total. The molecule has 234 valence electrons. The van der Waals surface area contributed by atoms with E-state index in [-0.39, 0.29) is 38.2 Å². The SMILES string of the molecule is [2H]c1c([2H])c([2H])c(Cc2c3c([2H])c([2H])c([2H])c([2H])c3c(-c3ccc(-c4cccc5c4oc4ccc(-c6cccc7ccccc67)cc45)cc3)c3c([2H])c([2H])c([2H])c([2H])c23)c([2H])c1[2H]. The van der Waals surface area contributed by atoms with E-state index < -0.39 is 85.0 Å². The molecule has 0 aliphatic carbocycles. The van der Waals surface area contributed by atoms with Crippen molar-refractivity contribution in [3.05, 3.63) is 193 Å². The lowest BCUT2D eigenvalue weighted by Crippen LogP contribution is -1.95. The van der Waals surface area contributed by atoms with E-state index in [0.717, 1.165) is 43.8 Å². The van der Waals surface area contributed by atoms with Gasteiger partial charge in [0.1, 0.15) is 11.2 Å². The summed E-state index contributed by atoms with van der Waals surface area (Å²) in [7, 11) is 0. The van der Waals surface area contributed by atoms with Gasteiger partial charge in [-0.3, -0.25) is 0 Å². The largest absolute Gasteiger partial charge is 0.455 e. The first-order valence-corrected chi connectivity index (χ1v) is 16.2. The van der Waals surface area contributed by atoms with E-state index in [1.165, 1.54) is 0 Å². The minimum Gasteiger partial charge on any atom is -0.455 e. The third kappa shape index (κ3) is 4.63. The molecule has 0 atom stereocenters. The molecule has 0 N–H and O–H groups in total. The molecule has 0 amide bonds. The van der Waals surface area contributed by atoms with Gasteiger partial charge >= 0.3 is 0 Å². The zero-order valence-corrected chi connectivity index (χ0v) is 26.4. The van der Waals surface area contributed by atoms with Crippen molar-refractivity contribution in [2.75, 3.05) is 0 Å². The van der Waals surface area contributed by atoms with E-state index in [4.69, 9.17) is 16.8 Å². The molecule has 0 aliphatic heterocycles. The Bertz CT molecular complexity index is 3520. The van der Waals surface area contributed by atoms with Crippen LogP contribution in [0.25, 0.3) is 87.6 Å². The van der Waals surface area contributed by atoms with Crippen LogP contribution in [-0.2, 0) is 6.42 Å². The van der Waals surface area contributed by atoms with Crippen LogP contribution >= 0.6 is 0 Å². The maximum atomic E-state index is 9.24. The van der Waals surface area contributed by atoms with Gasteiger partial charge in [-0.1, -0.05) is 170 Å². The normalized spacial score (nSPS) is 15.3. The summed E-state index contributed by atoms with van der Waals surface area (Å²) in [5.74, 6) is 0. The van der Waals surface area contributed by atoms with Crippen LogP contribution in [0.2, 0.25) is 0 Å². The molecule has 0 unspecified atom stereocenters. The van der Waals surface area contributed by atoms with E-state index in [0.29, 0.717) is 16.7 Å². The highest BCUT2D eigenvalue weighted by molar-refractivity contribution is 6.16. The van der Waals surface area contributed by atoms with Crippen LogP contribution in [0.1, 0.15) is 28.9 Å². The first kappa shape index (κ1) is 18.4. The second kappa shape index (κ2) is 11.6. The van der Waals surface area contributed by atoms with E-state index in [9.17, 15) is 5.48 Å². The molecule has 1 heteroatoms. The van der Waals surface area contributed by atoms with Crippen molar-refractivity contribution in [2.24, 2.45) is 0 Å². The molecule has 0 bridgehead atoms. The monoisotopic (exact) mass is 649 g/mol. The van der Waals surface area contributed by atoms with Gasteiger partial charge in [0, 0.05) is 16.3 Å². The Morgan fingerprint density at radius 3 is 1.82 bits per heavy atom. The molecule has 1 heterocycles. The molecule has 0 saturated carbocycles. The summed E-state index contributed by atoms with van der Waals surface area (Å²) in [4.78, 5) is 0. The van der Waals surface area contributed by atoms with E-state index in [1.807, 2.05) is 54.6 Å². The number of fused-ring (bicyclic) bond motifs is 6. The lowest BCUT2D eigenvalue weighted by atomic mass is 9.86. The second-order valence-corrected chi connectivity index (χ2v) is 12.2. The minimum absolute atomic E-state index is 0.0157. The minimum atomic E-state index is -0.617. The Hall–Kier alpha value is -6.44. The maximum Gasteiger partial charge on any atom is 0.143 e. The van der Waals surface area contributed by atoms with Crippen molar-refractivity contribution in [2.45, 2.75) is 6.42 Å².